The van der Waals surface area contributed by atoms with Gasteiger partial charge in [-0.3, -0.25) is 10.2 Å². The minimum atomic E-state index is -0.395. The van der Waals surface area contributed by atoms with Crippen LogP contribution in [0.2, 0.25) is 5.02 Å². The van der Waals surface area contributed by atoms with Crippen LogP contribution in [0.15, 0.2) is 46.9 Å². The van der Waals surface area contributed by atoms with Gasteiger partial charge in [0.05, 0.1) is 0 Å². The molecule has 1 aromatic heterocycles. The Labute approximate surface area is 147 Å². The van der Waals surface area contributed by atoms with E-state index in [4.69, 9.17) is 30.9 Å². The second-order valence-electron chi connectivity index (χ2n) is 5.54. The van der Waals surface area contributed by atoms with Gasteiger partial charge < -0.3 is 19.2 Å². The first-order chi connectivity index (χ1) is 12.1. The molecule has 0 radical (unpaired) electrons. The molecule has 0 unspecified atom stereocenters. The maximum atomic E-state index is 12.4. The zero-order valence-electron chi connectivity index (χ0n) is 13.0. The molecule has 3 aromatic rings. The minimum absolute atomic E-state index is 0.149. The molecule has 126 valence electrons. The van der Waals surface area contributed by atoms with E-state index in [1.807, 2.05) is 12.1 Å². The Balaban J connectivity index is 1.55. The Bertz CT molecular complexity index is 1040. The predicted octanol–water partition coefficient (Wildman–Crippen LogP) is 3.22. The molecular weight excluding hydrogens is 344 g/mol. The largest absolute Gasteiger partial charge is 0.454 e. The third-order valence-electron chi connectivity index (χ3n) is 3.86. The predicted molar refractivity (Wildman–Crippen MR) is 90.8 cm³/mol. The summed E-state index contributed by atoms with van der Waals surface area (Å²) in [4.78, 5) is 12.4. The molecule has 2 heterocycles. The van der Waals surface area contributed by atoms with Gasteiger partial charge in [0.25, 0.3) is 5.91 Å². The van der Waals surface area contributed by atoms with Gasteiger partial charge >= 0.3 is 0 Å². The Hall–Kier alpha value is -2.99. The summed E-state index contributed by atoms with van der Waals surface area (Å²) in [7, 11) is 0. The van der Waals surface area contributed by atoms with Crippen LogP contribution in [-0.4, -0.2) is 12.7 Å². The van der Waals surface area contributed by atoms with E-state index in [1.54, 1.807) is 30.3 Å². The van der Waals surface area contributed by atoms with E-state index in [2.05, 4.69) is 5.32 Å². The van der Waals surface area contributed by atoms with Gasteiger partial charge in [-0.15, -0.1) is 0 Å². The molecule has 4 rings (SSSR count). The molecule has 1 amide bonds. The number of hydrogen-bond donors (Lipinski definition) is 2. The Morgan fingerprint density at radius 3 is 2.84 bits per heavy atom. The van der Waals surface area contributed by atoms with Crippen LogP contribution in [0.25, 0.3) is 11.0 Å². The summed E-state index contributed by atoms with van der Waals surface area (Å²) in [5.41, 5.74) is 1.32. The molecule has 0 fully saturated rings. The quantitative estimate of drug-likeness (QED) is 0.754. The van der Waals surface area contributed by atoms with Gasteiger partial charge in [-0.1, -0.05) is 17.7 Å². The molecular formula is C18H13ClN2O4. The zero-order valence-corrected chi connectivity index (χ0v) is 13.7. The van der Waals surface area contributed by atoms with Crippen molar-refractivity contribution in [3.63, 3.8) is 0 Å². The number of fused-ring (bicyclic) bond motifs is 2. The van der Waals surface area contributed by atoms with Gasteiger partial charge in [0, 0.05) is 17.0 Å². The molecule has 25 heavy (non-hydrogen) atoms. The van der Waals surface area contributed by atoms with Crippen LogP contribution in [0.3, 0.4) is 0 Å². The van der Waals surface area contributed by atoms with Crippen molar-refractivity contribution in [2.75, 3.05) is 6.79 Å². The monoisotopic (exact) mass is 356 g/mol. The Morgan fingerprint density at radius 1 is 1.12 bits per heavy atom. The fourth-order valence-electron chi connectivity index (χ4n) is 2.61. The number of amides is 1. The van der Waals surface area contributed by atoms with Crippen LogP contribution >= 0.6 is 11.6 Å². The molecule has 1 aliphatic heterocycles. The third-order valence-corrected chi connectivity index (χ3v) is 4.10. The number of carbonyl (C=O) groups is 1. The van der Waals surface area contributed by atoms with Gasteiger partial charge in [-0.05, 0) is 42.0 Å². The van der Waals surface area contributed by atoms with E-state index >= 15 is 0 Å². The number of ether oxygens (including phenoxy) is 2. The second-order valence-corrected chi connectivity index (χ2v) is 5.98. The summed E-state index contributed by atoms with van der Waals surface area (Å²) in [5, 5.41) is 11.9. The number of benzene rings is 2. The fraction of sp³-hybridized carbons (Fsp3) is 0.111. The summed E-state index contributed by atoms with van der Waals surface area (Å²) in [6, 6.07) is 12.1. The highest BCUT2D eigenvalue weighted by atomic mass is 35.5. The van der Waals surface area contributed by atoms with Crippen LogP contribution in [-0.2, 0) is 6.54 Å². The molecule has 1 aliphatic rings. The Morgan fingerprint density at radius 2 is 1.96 bits per heavy atom. The highest BCUT2D eigenvalue weighted by Gasteiger charge is 2.15. The van der Waals surface area contributed by atoms with Gasteiger partial charge in [0.2, 0.25) is 12.3 Å². The minimum Gasteiger partial charge on any atom is -0.454 e. The summed E-state index contributed by atoms with van der Waals surface area (Å²) >= 11 is 5.97. The van der Waals surface area contributed by atoms with Crippen LogP contribution in [0.5, 0.6) is 11.5 Å². The van der Waals surface area contributed by atoms with Crippen LogP contribution in [0.4, 0.5) is 0 Å². The van der Waals surface area contributed by atoms with Crippen molar-refractivity contribution in [3.05, 3.63) is 64.2 Å². The summed E-state index contributed by atoms with van der Waals surface area (Å²) in [6.45, 7) is 0.497. The number of carbonyl (C=O) groups excluding carboxylic acids is 1. The van der Waals surface area contributed by atoms with Crippen molar-refractivity contribution in [1.82, 2.24) is 5.32 Å². The van der Waals surface area contributed by atoms with E-state index in [0.717, 1.165) is 5.56 Å². The molecule has 7 heteroatoms. The highest BCUT2D eigenvalue weighted by molar-refractivity contribution is 6.31. The van der Waals surface area contributed by atoms with Crippen LogP contribution in [0.1, 0.15) is 15.9 Å². The molecule has 2 aromatic carbocycles. The van der Waals surface area contributed by atoms with Gasteiger partial charge in [0.15, 0.2) is 11.5 Å². The second kappa shape index (κ2) is 6.14. The molecule has 0 atom stereocenters. The van der Waals surface area contributed by atoms with E-state index in [9.17, 15) is 4.79 Å². The number of halogens is 1. The standard InChI is InChI=1S/C18H13ClN2O4/c19-12-2-4-14-11(6-12)7-13(17(20)25-14)18(22)21-8-10-1-3-15-16(5-10)24-9-23-15/h1-7,20H,8-9H2,(H,21,22). The van der Waals surface area contributed by atoms with E-state index in [1.165, 1.54) is 0 Å². The molecule has 0 saturated heterocycles. The molecule has 0 saturated carbocycles. The normalized spacial score (nSPS) is 12.4. The Kier molecular flexibility index (Phi) is 3.82. The van der Waals surface area contributed by atoms with Crippen molar-refractivity contribution in [2.45, 2.75) is 6.54 Å². The fourth-order valence-corrected chi connectivity index (χ4v) is 2.79. The maximum absolute atomic E-state index is 12.4. The van der Waals surface area contributed by atoms with Crippen molar-refractivity contribution in [1.29, 1.82) is 5.41 Å². The molecule has 6 nitrogen and oxygen atoms in total. The van der Waals surface area contributed by atoms with E-state index in [0.29, 0.717) is 34.0 Å². The summed E-state index contributed by atoms with van der Waals surface area (Å²) in [5.74, 6) is 0.949. The first-order valence-electron chi connectivity index (χ1n) is 7.55. The van der Waals surface area contributed by atoms with Gasteiger partial charge in [0.1, 0.15) is 11.1 Å². The SMILES string of the molecule is N=c1oc2ccc(Cl)cc2cc1C(=O)NCc1ccc2c(c1)OCO2. The molecule has 2 N–H and O–H groups in total. The van der Waals surface area contributed by atoms with Gasteiger partial charge in [-0.2, -0.15) is 0 Å². The first kappa shape index (κ1) is 15.5. The summed E-state index contributed by atoms with van der Waals surface area (Å²) < 4.78 is 16.0. The number of rotatable bonds is 3. The zero-order chi connectivity index (χ0) is 17.4. The lowest BCUT2D eigenvalue weighted by Gasteiger charge is -2.07. The van der Waals surface area contributed by atoms with Crippen molar-refractivity contribution < 1.29 is 18.7 Å². The lowest BCUT2D eigenvalue weighted by Crippen LogP contribution is -2.27. The molecule has 0 spiro atoms. The van der Waals surface area contributed by atoms with E-state index in [-0.39, 0.29) is 17.9 Å². The smallest absolute Gasteiger partial charge is 0.257 e. The topological polar surface area (TPSA) is 84.6 Å². The third kappa shape index (κ3) is 3.04. The average molecular weight is 357 g/mol. The van der Waals surface area contributed by atoms with Crippen molar-refractivity contribution in [2.24, 2.45) is 0 Å². The lowest BCUT2D eigenvalue weighted by molar-refractivity contribution is 0.0946. The lowest BCUT2D eigenvalue weighted by atomic mass is 10.1. The first-order valence-corrected chi connectivity index (χ1v) is 7.93. The molecule has 0 aliphatic carbocycles. The maximum Gasteiger partial charge on any atom is 0.257 e. The van der Waals surface area contributed by atoms with Crippen LogP contribution < -0.4 is 20.3 Å². The van der Waals surface area contributed by atoms with Crippen molar-refractivity contribution >= 4 is 28.5 Å². The van der Waals surface area contributed by atoms with Crippen molar-refractivity contribution in [3.8, 4) is 11.5 Å². The highest BCUT2D eigenvalue weighted by Crippen LogP contribution is 2.32. The summed E-state index contributed by atoms with van der Waals surface area (Å²) in [6.07, 6.45) is 0. The molecule has 0 bridgehead atoms. The van der Waals surface area contributed by atoms with Crippen LogP contribution in [0, 0.1) is 5.41 Å². The number of hydrogen-bond acceptors (Lipinski definition) is 5. The average Bonchev–Trinajstić information content (AvgIpc) is 3.07. The van der Waals surface area contributed by atoms with Gasteiger partial charge in [-0.25, -0.2) is 0 Å². The van der Waals surface area contributed by atoms with E-state index < -0.39 is 5.91 Å². The number of nitrogens with one attached hydrogen (secondary N) is 2.